The van der Waals surface area contributed by atoms with Crippen molar-refractivity contribution >= 4 is 29.7 Å². The van der Waals surface area contributed by atoms with Crippen molar-refractivity contribution in [2.75, 3.05) is 20.3 Å². The van der Waals surface area contributed by atoms with Crippen molar-refractivity contribution in [1.82, 2.24) is 5.43 Å². The van der Waals surface area contributed by atoms with E-state index in [1.807, 2.05) is 0 Å². The maximum Gasteiger partial charge on any atom is 0.344 e. The summed E-state index contributed by atoms with van der Waals surface area (Å²) in [6.45, 7) is 1.55. The Bertz CT molecular complexity index is 1020. The van der Waals surface area contributed by atoms with E-state index in [-0.39, 0.29) is 40.9 Å². The molecule has 0 aromatic heterocycles. The van der Waals surface area contributed by atoms with Crippen molar-refractivity contribution in [2.24, 2.45) is 5.10 Å². The van der Waals surface area contributed by atoms with Crippen LogP contribution in [0.4, 0.5) is 4.39 Å². The monoisotopic (exact) mass is 433 g/mol. The number of nitriles is 1. The number of nitrogens with zero attached hydrogens (tertiary/aromatic N) is 2. The molecule has 0 saturated carbocycles. The molecule has 2 aromatic carbocycles. The van der Waals surface area contributed by atoms with Crippen LogP contribution in [-0.2, 0) is 9.53 Å². The highest BCUT2D eigenvalue weighted by Crippen LogP contribution is 2.36. The smallest absolute Gasteiger partial charge is 0.344 e. The molecule has 8 nitrogen and oxygen atoms in total. The van der Waals surface area contributed by atoms with Crippen molar-refractivity contribution in [3.63, 3.8) is 0 Å². The van der Waals surface area contributed by atoms with Crippen LogP contribution in [0.3, 0.4) is 0 Å². The van der Waals surface area contributed by atoms with Gasteiger partial charge in [0.25, 0.3) is 5.91 Å². The van der Waals surface area contributed by atoms with E-state index >= 15 is 0 Å². The number of halogens is 2. The molecule has 2 rings (SSSR count). The van der Waals surface area contributed by atoms with Gasteiger partial charge in [0.05, 0.1) is 42.2 Å². The van der Waals surface area contributed by atoms with Gasteiger partial charge in [0.15, 0.2) is 18.1 Å². The number of carbonyl (C=O) groups is 2. The van der Waals surface area contributed by atoms with Crippen molar-refractivity contribution in [3.05, 3.63) is 57.9 Å². The fraction of sp³-hybridized carbons (Fsp3) is 0.200. The van der Waals surface area contributed by atoms with E-state index in [4.69, 9.17) is 31.1 Å². The lowest BCUT2D eigenvalue weighted by Crippen LogP contribution is -2.19. The highest BCUT2D eigenvalue weighted by atomic mass is 35.5. The molecular weight excluding hydrogens is 417 g/mol. The fourth-order valence-electron chi connectivity index (χ4n) is 2.28. The zero-order chi connectivity index (χ0) is 22.1. The fourth-order valence-corrected chi connectivity index (χ4v) is 2.56. The Morgan fingerprint density at radius 3 is 2.73 bits per heavy atom. The molecule has 1 N–H and O–H groups in total. The number of rotatable bonds is 8. The topological polar surface area (TPSA) is 110 Å². The van der Waals surface area contributed by atoms with Crippen LogP contribution in [0.25, 0.3) is 0 Å². The molecule has 2 aromatic rings. The van der Waals surface area contributed by atoms with Crippen LogP contribution in [0, 0.1) is 17.1 Å². The molecule has 0 saturated heterocycles. The number of hydrogen-bond donors (Lipinski definition) is 1. The Morgan fingerprint density at radius 1 is 1.33 bits per heavy atom. The third-order valence-electron chi connectivity index (χ3n) is 3.61. The van der Waals surface area contributed by atoms with Crippen LogP contribution < -0.4 is 14.9 Å². The number of methoxy groups -OCH3 is 1. The lowest BCUT2D eigenvalue weighted by atomic mass is 10.1. The van der Waals surface area contributed by atoms with Crippen LogP contribution >= 0.6 is 11.6 Å². The molecule has 0 fully saturated rings. The minimum atomic E-state index is -0.838. The molecule has 0 aliphatic heterocycles. The largest absolute Gasteiger partial charge is 0.493 e. The molecule has 0 spiro atoms. The number of carbonyl (C=O) groups excluding carboxylic acids is 2. The maximum absolute atomic E-state index is 13.9. The van der Waals surface area contributed by atoms with Gasteiger partial charge in [-0.25, -0.2) is 14.6 Å². The Balaban J connectivity index is 2.10. The molecule has 0 aliphatic carbocycles. The van der Waals surface area contributed by atoms with Gasteiger partial charge in [-0.3, -0.25) is 4.79 Å². The molecule has 0 aliphatic rings. The van der Waals surface area contributed by atoms with Crippen molar-refractivity contribution in [2.45, 2.75) is 6.92 Å². The van der Waals surface area contributed by atoms with Crippen molar-refractivity contribution in [3.8, 4) is 17.6 Å². The Morgan fingerprint density at radius 2 is 2.10 bits per heavy atom. The first kappa shape index (κ1) is 22.6. The van der Waals surface area contributed by atoms with Crippen molar-refractivity contribution < 1.29 is 28.2 Å². The number of ether oxygens (including phenoxy) is 3. The predicted molar refractivity (Wildman–Crippen MR) is 106 cm³/mol. The van der Waals surface area contributed by atoms with Gasteiger partial charge in [-0.05, 0) is 42.8 Å². The number of hydrogen-bond acceptors (Lipinski definition) is 7. The van der Waals surface area contributed by atoms with E-state index in [1.54, 1.807) is 13.0 Å². The van der Waals surface area contributed by atoms with Gasteiger partial charge in [-0.2, -0.15) is 10.4 Å². The minimum absolute atomic E-state index is 0.0968. The second-order valence-electron chi connectivity index (χ2n) is 5.63. The van der Waals surface area contributed by atoms with Gasteiger partial charge < -0.3 is 14.2 Å². The second kappa shape index (κ2) is 10.8. The number of hydrazone groups is 1. The molecule has 156 valence electrons. The summed E-state index contributed by atoms with van der Waals surface area (Å²) in [6, 6.07) is 8.24. The molecule has 0 bridgehead atoms. The summed E-state index contributed by atoms with van der Waals surface area (Å²) >= 11 is 6.18. The standard InChI is InChI=1S/C20H17ClFN3O5/c1-3-29-18(26)11-30-19-15(21)6-13(8-17(19)28-2)10-24-25-20(27)14-5-4-12(9-23)7-16(14)22/h4-8,10H,3,11H2,1-2H3,(H,25,27)/b24-10-. The molecular formula is C20H17ClFN3O5. The molecule has 0 heterocycles. The van der Waals surface area contributed by atoms with Crippen molar-refractivity contribution in [1.29, 1.82) is 5.26 Å². The molecule has 10 heteroatoms. The highest BCUT2D eigenvalue weighted by Gasteiger charge is 2.14. The van der Waals surface area contributed by atoms with Gasteiger partial charge in [0.2, 0.25) is 0 Å². The number of benzene rings is 2. The first-order chi connectivity index (χ1) is 14.4. The zero-order valence-corrected chi connectivity index (χ0v) is 16.8. The first-order valence-electron chi connectivity index (χ1n) is 8.58. The summed E-state index contributed by atoms with van der Waals surface area (Å²) in [4.78, 5) is 23.5. The number of esters is 1. The highest BCUT2D eigenvalue weighted by molar-refractivity contribution is 6.32. The van der Waals surface area contributed by atoms with E-state index in [9.17, 15) is 14.0 Å². The SMILES string of the molecule is CCOC(=O)COc1c(Cl)cc(/C=N\NC(=O)c2ccc(C#N)cc2F)cc1OC. The number of amides is 1. The Kier molecular flexibility index (Phi) is 8.14. The summed E-state index contributed by atoms with van der Waals surface area (Å²) < 4.78 is 29.2. The van der Waals surface area contributed by atoms with Crippen LogP contribution in [-0.4, -0.2) is 38.4 Å². The second-order valence-corrected chi connectivity index (χ2v) is 6.04. The quantitative estimate of drug-likeness (QED) is 0.389. The maximum atomic E-state index is 13.9. The molecule has 1 amide bonds. The minimum Gasteiger partial charge on any atom is -0.493 e. The molecule has 0 atom stereocenters. The number of nitrogens with one attached hydrogen (secondary N) is 1. The molecule has 0 unspecified atom stereocenters. The Hall–Kier alpha value is -3.64. The summed E-state index contributed by atoms with van der Waals surface area (Å²) in [6.07, 6.45) is 1.27. The van der Waals surface area contributed by atoms with Gasteiger partial charge in [0, 0.05) is 0 Å². The van der Waals surface area contributed by atoms with E-state index in [0.29, 0.717) is 5.56 Å². The molecule has 30 heavy (non-hydrogen) atoms. The van der Waals surface area contributed by atoms with Crippen LogP contribution in [0.5, 0.6) is 11.5 Å². The predicted octanol–water partition coefficient (Wildman–Crippen LogP) is 3.07. The van der Waals surface area contributed by atoms with Gasteiger partial charge in [-0.1, -0.05) is 11.6 Å². The zero-order valence-electron chi connectivity index (χ0n) is 16.1. The van der Waals surface area contributed by atoms with E-state index in [1.165, 1.54) is 37.6 Å². The lowest BCUT2D eigenvalue weighted by Gasteiger charge is -2.12. The summed E-state index contributed by atoms with van der Waals surface area (Å²) in [5.41, 5.74) is 2.47. The first-order valence-corrected chi connectivity index (χ1v) is 8.96. The third kappa shape index (κ3) is 5.93. The average molecular weight is 434 g/mol. The van der Waals surface area contributed by atoms with E-state index in [2.05, 4.69) is 10.5 Å². The Labute approximate surface area is 176 Å². The van der Waals surface area contributed by atoms with Crippen LogP contribution in [0.2, 0.25) is 5.02 Å². The lowest BCUT2D eigenvalue weighted by molar-refractivity contribution is -0.145. The molecule has 0 radical (unpaired) electrons. The van der Waals surface area contributed by atoms with Crippen LogP contribution in [0.15, 0.2) is 35.4 Å². The summed E-state index contributed by atoms with van der Waals surface area (Å²) in [7, 11) is 1.39. The van der Waals surface area contributed by atoms with Crippen LogP contribution in [0.1, 0.15) is 28.4 Å². The van der Waals surface area contributed by atoms with Gasteiger partial charge in [0.1, 0.15) is 5.82 Å². The normalized spacial score (nSPS) is 10.4. The van der Waals surface area contributed by atoms with Gasteiger partial charge in [-0.15, -0.1) is 0 Å². The van der Waals surface area contributed by atoms with E-state index in [0.717, 1.165) is 6.07 Å². The summed E-state index contributed by atoms with van der Waals surface area (Å²) in [5, 5.41) is 12.6. The summed E-state index contributed by atoms with van der Waals surface area (Å²) in [5.74, 6) is -1.81. The average Bonchev–Trinajstić information content (AvgIpc) is 2.72. The third-order valence-corrected chi connectivity index (χ3v) is 3.89. The van der Waals surface area contributed by atoms with Gasteiger partial charge >= 0.3 is 5.97 Å². The van der Waals surface area contributed by atoms with E-state index < -0.39 is 17.7 Å².